The highest BCUT2D eigenvalue weighted by atomic mass is 32.2. The highest BCUT2D eigenvalue weighted by molar-refractivity contribution is 7.91. The summed E-state index contributed by atoms with van der Waals surface area (Å²) in [5, 5.41) is 8.56. The quantitative estimate of drug-likeness (QED) is 0.664. The van der Waals surface area contributed by atoms with E-state index in [0.29, 0.717) is 0 Å². The number of rotatable bonds is 3. The normalized spacial score (nSPS) is 11.2. The third kappa shape index (κ3) is 2.44. The second-order valence-electron chi connectivity index (χ2n) is 2.32. The molecule has 0 atom stereocenters. The van der Waals surface area contributed by atoms with Crippen molar-refractivity contribution in [3.8, 4) is 0 Å². The third-order valence-electron chi connectivity index (χ3n) is 1.12. The molecule has 0 aliphatic rings. The lowest BCUT2D eigenvalue weighted by atomic mass is 10.5. The number of sulfonamides is 1. The summed E-state index contributed by atoms with van der Waals surface area (Å²) in [6, 6.07) is 0. The van der Waals surface area contributed by atoms with Gasteiger partial charge in [-0.3, -0.25) is 0 Å². The smallest absolute Gasteiger partial charge is 0.356 e. The third-order valence-corrected chi connectivity index (χ3v) is 1.65. The van der Waals surface area contributed by atoms with Crippen LogP contribution in [0.4, 0.5) is 0 Å². The fourth-order valence-corrected chi connectivity index (χ4v) is 1.21. The van der Waals surface area contributed by atoms with Crippen molar-refractivity contribution in [1.82, 2.24) is 9.66 Å². The average Bonchev–Trinajstić information content (AvgIpc) is 2.31. The average molecular weight is 205 g/mol. The van der Waals surface area contributed by atoms with Crippen LogP contribution in [-0.2, 0) is 10.0 Å². The highest BCUT2D eigenvalue weighted by Gasteiger charge is 2.11. The zero-order valence-electron chi connectivity index (χ0n) is 6.63. The summed E-state index contributed by atoms with van der Waals surface area (Å²) in [4.78, 5) is 15.9. The van der Waals surface area contributed by atoms with Crippen LogP contribution in [0.5, 0.6) is 0 Å². The van der Waals surface area contributed by atoms with E-state index in [1.165, 1.54) is 0 Å². The maximum Gasteiger partial charge on any atom is 0.356 e. The zero-order chi connectivity index (χ0) is 10.1. The largest absolute Gasteiger partial charge is 0.476 e. The van der Waals surface area contributed by atoms with E-state index < -0.39 is 16.0 Å². The van der Waals surface area contributed by atoms with Gasteiger partial charge >= 0.3 is 5.97 Å². The van der Waals surface area contributed by atoms with E-state index in [1.54, 1.807) is 0 Å². The van der Waals surface area contributed by atoms with Crippen molar-refractivity contribution in [1.29, 1.82) is 0 Å². The Morgan fingerprint density at radius 2 is 2.31 bits per heavy atom. The van der Waals surface area contributed by atoms with Crippen molar-refractivity contribution in [2.75, 3.05) is 11.1 Å². The van der Waals surface area contributed by atoms with Gasteiger partial charge in [-0.05, 0) is 0 Å². The first-order valence-electron chi connectivity index (χ1n) is 3.13. The first kappa shape index (κ1) is 9.52. The van der Waals surface area contributed by atoms with E-state index in [2.05, 4.69) is 4.98 Å². The van der Waals surface area contributed by atoms with Gasteiger partial charge in [0.15, 0.2) is 5.69 Å². The van der Waals surface area contributed by atoms with E-state index in [4.69, 9.17) is 5.11 Å². The number of carbonyl (C=O) groups is 1. The van der Waals surface area contributed by atoms with Crippen molar-refractivity contribution in [3.63, 3.8) is 0 Å². The molecule has 0 amide bonds. The minimum Gasteiger partial charge on any atom is -0.476 e. The van der Waals surface area contributed by atoms with E-state index in [9.17, 15) is 13.2 Å². The van der Waals surface area contributed by atoms with Gasteiger partial charge in [0.05, 0.1) is 12.5 Å². The molecule has 1 heterocycles. The lowest BCUT2D eigenvalue weighted by molar-refractivity contribution is 0.0687. The summed E-state index contributed by atoms with van der Waals surface area (Å²) in [6.07, 6.45) is 3.02. The minimum atomic E-state index is -3.49. The molecule has 1 rings (SSSR count). The maximum atomic E-state index is 10.7. The molecule has 0 fully saturated rings. The molecule has 0 saturated heterocycles. The van der Waals surface area contributed by atoms with Crippen LogP contribution in [0.15, 0.2) is 12.5 Å². The van der Waals surface area contributed by atoms with Crippen molar-refractivity contribution in [2.24, 2.45) is 0 Å². The van der Waals surface area contributed by atoms with Crippen LogP contribution in [0.2, 0.25) is 0 Å². The van der Waals surface area contributed by atoms with E-state index in [-0.39, 0.29) is 5.69 Å². The van der Waals surface area contributed by atoms with Crippen molar-refractivity contribution in [2.45, 2.75) is 0 Å². The van der Waals surface area contributed by atoms with E-state index in [0.717, 1.165) is 23.5 Å². The lowest BCUT2D eigenvalue weighted by Gasteiger charge is -2.05. The molecule has 8 heteroatoms. The SMILES string of the molecule is CS(=O)(=O)Nn1cncc1C(=O)O. The number of carboxylic acid groups (broad SMARTS) is 1. The fourth-order valence-electron chi connectivity index (χ4n) is 0.705. The van der Waals surface area contributed by atoms with Crippen LogP contribution in [0.25, 0.3) is 0 Å². The molecule has 7 nitrogen and oxygen atoms in total. The first-order valence-corrected chi connectivity index (χ1v) is 5.03. The van der Waals surface area contributed by atoms with Crippen LogP contribution in [0, 0.1) is 0 Å². The van der Waals surface area contributed by atoms with Crippen LogP contribution in [0.3, 0.4) is 0 Å². The van der Waals surface area contributed by atoms with Gasteiger partial charge in [0.2, 0.25) is 10.0 Å². The summed E-state index contributed by atoms with van der Waals surface area (Å²) in [5.74, 6) is -1.26. The number of nitrogens with zero attached hydrogens (tertiary/aromatic N) is 2. The minimum absolute atomic E-state index is 0.245. The van der Waals surface area contributed by atoms with Crippen molar-refractivity contribution in [3.05, 3.63) is 18.2 Å². The summed E-state index contributed by atoms with van der Waals surface area (Å²) < 4.78 is 22.3. The molecule has 0 aliphatic heterocycles. The zero-order valence-corrected chi connectivity index (χ0v) is 7.45. The Kier molecular flexibility index (Phi) is 2.24. The molecule has 0 aromatic carbocycles. The number of aromatic carboxylic acids is 1. The van der Waals surface area contributed by atoms with Gasteiger partial charge in [-0.15, -0.1) is 0 Å². The number of carboxylic acids is 1. The summed E-state index contributed by atoms with van der Waals surface area (Å²) in [5.41, 5.74) is -0.245. The molecule has 72 valence electrons. The first-order chi connectivity index (χ1) is 5.90. The molecule has 0 saturated carbocycles. The molecule has 2 N–H and O–H groups in total. The van der Waals surface area contributed by atoms with Gasteiger partial charge in [0.1, 0.15) is 6.33 Å². The second-order valence-corrected chi connectivity index (χ2v) is 4.04. The number of imidazole rings is 1. The van der Waals surface area contributed by atoms with E-state index >= 15 is 0 Å². The highest BCUT2D eigenvalue weighted by Crippen LogP contribution is 1.96. The Hall–Kier alpha value is -1.57. The Labute approximate surface area is 74.0 Å². The van der Waals surface area contributed by atoms with Gasteiger partial charge in [-0.1, -0.05) is 0 Å². The number of hydrogen-bond acceptors (Lipinski definition) is 4. The summed E-state index contributed by atoms with van der Waals surface area (Å²) in [7, 11) is -3.49. The number of aromatic nitrogens is 2. The van der Waals surface area contributed by atoms with Crippen LogP contribution in [-0.4, -0.2) is 35.4 Å². The van der Waals surface area contributed by atoms with Gasteiger partial charge in [0.25, 0.3) is 0 Å². The topological polar surface area (TPSA) is 101 Å². The Morgan fingerprint density at radius 1 is 1.69 bits per heavy atom. The summed E-state index contributed by atoms with van der Waals surface area (Å²) >= 11 is 0. The molecule has 0 radical (unpaired) electrons. The molecule has 1 aromatic heterocycles. The lowest BCUT2D eigenvalue weighted by Crippen LogP contribution is -2.24. The standard InChI is InChI=1S/C5H7N3O4S/c1-13(11,12)7-8-3-6-2-4(8)5(9)10/h2-3,7H,1H3,(H,9,10). The number of hydrogen-bond donors (Lipinski definition) is 2. The number of nitrogens with one attached hydrogen (secondary N) is 1. The Morgan fingerprint density at radius 3 is 2.77 bits per heavy atom. The molecular formula is C5H7N3O4S. The Balaban J connectivity index is 3.02. The molecule has 1 aromatic rings. The van der Waals surface area contributed by atoms with Crippen molar-refractivity contribution < 1.29 is 18.3 Å². The Bertz CT molecular complexity index is 421. The predicted molar refractivity (Wildman–Crippen MR) is 43.4 cm³/mol. The molecule has 0 bridgehead atoms. The van der Waals surface area contributed by atoms with E-state index in [1.807, 2.05) is 4.83 Å². The van der Waals surface area contributed by atoms with Gasteiger partial charge in [-0.2, -0.15) is 0 Å². The van der Waals surface area contributed by atoms with Crippen LogP contribution >= 0.6 is 0 Å². The summed E-state index contributed by atoms with van der Waals surface area (Å²) in [6.45, 7) is 0. The maximum absolute atomic E-state index is 10.7. The fraction of sp³-hybridized carbons (Fsp3) is 0.200. The predicted octanol–water partition coefficient (Wildman–Crippen LogP) is -0.916. The van der Waals surface area contributed by atoms with Gasteiger partial charge < -0.3 is 5.11 Å². The molecule has 0 spiro atoms. The van der Waals surface area contributed by atoms with Crippen LogP contribution in [0.1, 0.15) is 10.5 Å². The van der Waals surface area contributed by atoms with Gasteiger partial charge in [0, 0.05) is 0 Å². The molecule has 13 heavy (non-hydrogen) atoms. The molecule has 0 aliphatic carbocycles. The van der Waals surface area contributed by atoms with Gasteiger partial charge in [-0.25, -0.2) is 27.7 Å². The van der Waals surface area contributed by atoms with Crippen molar-refractivity contribution >= 4 is 16.0 Å². The second kappa shape index (κ2) is 3.05. The van der Waals surface area contributed by atoms with Crippen LogP contribution < -0.4 is 4.83 Å². The molecule has 0 unspecified atom stereocenters. The molecular weight excluding hydrogens is 198 g/mol. The monoisotopic (exact) mass is 205 g/mol.